The fourth-order valence-electron chi connectivity index (χ4n) is 3.96. The fraction of sp³-hybridized carbons (Fsp3) is 0.174. The molecule has 2 nitrogen and oxygen atoms in total. The second kappa shape index (κ2) is 7.93. The van der Waals surface area contributed by atoms with E-state index in [1.807, 2.05) is 12.1 Å². The SMILES string of the molecule is C=CC(=O)N1Cc2sc(Cl)cc2[C@@H](c2ccccc2-c2ccccc2C(F)(F)F)C1. The predicted octanol–water partition coefficient (Wildman–Crippen LogP) is 6.75. The third kappa shape index (κ3) is 3.77. The Morgan fingerprint density at radius 2 is 1.77 bits per heavy atom. The van der Waals surface area contributed by atoms with Crippen LogP contribution in [0.15, 0.2) is 67.3 Å². The third-order valence-corrected chi connectivity index (χ3v) is 6.53. The zero-order valence-corrected chi connectivity index (χ0v) is 17.3. The van der Waals surface area contributed by atoms with Crippen molar-refractivity contribution in [3.63, 3.8) is 0 Å². The van der Waals surface area contributed by atoms with Crippen LogP contribution in [0.2, 0.25) is 4.34 Å². The van der Waals surface area contributed by atoms with Gasteiger partial charge in [-0.05, 0) is 40.5 Å². The summed E-state index contributed by atoms with van der Waals surface area (Å²) in [6, 6.07) is 14.5. The van der Waals surface area contributed by atoms with Crippen LogP contribution in [-0.2, 0) is 17.5 Å². The standard InChI is InChI=1S/C23H17ClF3NOS/c1-2-22(29)28-12-18(17-11-21(24)30-20(17)13-28)15-8-4-3-7-14(15)16-9-5-6-10-19(16)23(25,26)27/h2-11,18H,1,12-13H2/t18-/m1/s1. The Morgan fingerprint density at radius 1 is 1.10 bits per heavy atom. The van der Waals surface area contributed by atoms with Crippen LogP contribution in [0.5, 0.6) is 0 Å². The van der Waals surface area contributed by atoms with Crippen molar-refractivity contribution >= 4 is 28.8 Å². The molecule has 2 aromatic carbocycles. The monoisotopic (exact) mass is 447 g/mol. The van der Waals surface area contributed by atoms with Crippen molar-refractivity contribution in [3.05, 3.63) is 93.2 Å². The quantitative estimate of drug-likeness (QED) is 0.407. The molecular weight excluding hydrogens is 431 g/mol. The van der Waals surface area contributed by atoms with Gasteiger partial charge in [0.1, 0.15) is 0 Å². The number of halogens is 4. The molecule has 7 heteroatoms. The number of fused-ring (bicyclic) bond motifs is 1. The third-order valence-electron chi connectivity index (χ3n) is 5.27. The Labute approximate surface area is 181 Å². The number of hydrogen-bond acceptors (Lipinski definition) is 2. The summed E-state index contributed by atoms with van der Waals surface area (Å²) in [5, 5.41) is 0. The molecule has 0 radical (unpaired) electrons. The lowest BCUT2D eigenvalue weighted by Crippen LogP contribution is -2.37. The van der Waals surface area contributed by atoms with E-state index in [0.29, 0.717) is 23.0 Å². The lowest BCUT2D eigenvalue weighted by Gasteiger charge is -2.33. The zero-order chi connectivity index (χ0) is 21.5. The van der Waals surface area contributed by atoms with Gasteiger partial charge in [-0.3, -0.25) is 4.79 Å². The van der Waals surface area contributed by atoms with Gasteiger partial charge in [0.2, 0.25) is 5.91 Å². The highest BCUT2D eigenvalue weighted by atomic mass is 35.5. The number of nitrogens with zero attached hydrogens (tertiary/aromatic N) is 1. The Hall–Kier alpha value is -2.57. The first-order valence-corrected chi connectivity index (χ1v) is 10.4. The van der Waals surface area contributed by atoms with E-state index in [9.17, 15) is 18.0 Å². The number of alkyl halides is 3. The summed E-state index contributed by atoms with van der Waals surface area (Å²) < 4.78 is 41.6. The predicted molar refractivity (Wildman–Crippen MR) is 114 cm³/mol. The van der Waals surface area contributed by atoms with E-state index in [1.165, 1.54) is 29.5 Å². The van der Waals surface area contributed by atoms with Gasteiger partial charge < -0.3 is 4.90 Å². The summed E-state index contributed by atoms with van der Waals surface area (Å²) in [4.78, 5) is 14.9. The van der Waals surface area contributed by atoms with Crippen LogP contribution in [0.3, 0.4) is 0 Å². The van der Waals surface area contributed by atoms with Gasteiger partial charge in [-0.15, -0.1) is 11.3 Å². The number of amides is 1. The first kappa shape index (κ1) is 20.7. The van der Waals surface area contributed by atoms with Crippen LogP contribution < -0.4 is 0 Å². The summed E-state index contributed by atoms with van der Waals surface area (Å²) >= 11 is 7.64. The van der Waals surface area contributed by atoms with Gasteiger partial charge in [-0.2, -0.15) is 13.2 Å². The molecule has 4 rings (SSSR count). The number of thiophene rings is 1. The average Bonchev–Trinajstić information content (AvgIpc) is 3.12. The Balaban J connectivity index is 1.89. The lowest BCUT2D eigenvalue weighted by atomic mass is 9.83. The number of rotatable bonds is 3. The minimum absolute atomic E-state index is 0.121. The van der Waals surface area contributed by atoms with Gasteiger partial charge in [0, 0.05) is 17.3 Å². The van der Waals surface area contributed by atoms with E-state index in [1.54, 1.807) is 29.2 Å². The molecule has 0 aliphatic carbocycles. The molecule has 1 aliphatic rings. The van der Waals surface area contributed by atoms with Crippen molar-refractivity contribution in [3.8, 4) is 11.1 Å². The number of carbonyl (C=O) groups excluding carboxylic acids is 1. The van der Waals surface area contributed by atoms with Crippen LogP contribution in [-0.4, -0.2) is 17.4 Å². The summed E-state index contributed by atoms with van der Waals surface area (Å²) in [6.45, 7) is 4.32. The van der Waals surface area contributed by atoms with E-state index in [0.717, 1.165) is 22.1 Å². The molecule has 0 saturated carbocycles. The highest BCUT2D eigenvalue weighted by Crippen LogP contribution is 2.45. The van der Waals surface area contributed by atoms with Crippen molar-refractivity contribution in [2.45, 2.75) is 18.6 Å². The van der Waals surface area contributed by atoms with Crippen LogP contribution >= 0.6 is 22.9 Å². The van der Waals surface area contributed by atoms with Gasteiger partial charge >= 0.3 is 6.18 Å². The number of benzene rings is 2. The first-order chi connectivity index (χ1) is 14.3. The number of hydrogen-bond donors (Lipinski definition) is 0. The highest BCUT2D eigenvalue weighted by Gasteiger charge is 2.36. The van der Waals surface area contributed by atoms with Crippen LogP contribution in [0.1, 0.15) is 27.5 Å². The summed E-state index contributed by atoms with van der Waals surface area (Å²) in [7, 11) is 0. The summed E-state index contributed by atoms with van der Waals surface area (Å²) in [5.74, 6) is -0.512. The average molecular weight is 448 g/mol. The van der Waals surface area contributed by atoms with E-state index in [-0.39, 0.29) is 17.4 Å². The van der Waals surface area contributed by atoms with E-state index < -0.39 is 11.7 Å². The Morgan fingerprint density at radius 3 is 2.47 bits per heavy atom. The summed E-state index contributed by atoms with van der Waals surface area (Å²) in [6.07, 6.45) is -3.22. The fourth-order valence-corrected chi connectivity index (χ4v) is 5.32. The molecular formula is C23H17ClF3NOS. The highest BCUT2D eigenvalue weighted by molar-refractivity contribution is 7.16. The smallest absolute Gasteiger partial charge is 0.333 e. The van der Waals surface area contributed by atoms with E-state index >= 15 is 0 Å². The van der Waals surface area contributed by atoms with E-state index in [4.69, 9.17) is 11.6 Å². The van der Waals surface area contributed by atoms with Gasteiger partial charge in [0.05, 0.1) is 16.4 Å². The second-order valence-corrected chi connectivity index (χ2v) is 8.80. The Bertz CT molecular complexity index is 1120. The first-order valence-electron chi connectivity index (χ1n) is 9.24. The molecule has 2 heterocycles. The molecule has 0 bridgehead atoms. The topological polar surface area (TPSA) is 20.3 Å². The van der Waals surface area contributed by atoms with Crippen LogP contribution in [0.25, 0.3) is 11.1 Å². The van der Waals surface area contributed by atoms with Crippen LogP contribution in [0.4, 0.5) is 13.2 Å². The molecule has 3 aromatic rings. The Kier molecular flexibility index (Phi) is 5.47. The lowest BCUT2D eigenvalue weighted by molar-refractivity contribution is -0.137. The molecule has 0 spiro atoms. The maximum Gasteiger partial charge on any atom is 0.417 e. The van der Waals surface area contributed by atoms with Gasteiger partial charge in [0.15, 0.2) is 0 Å². The van der Waals surface area contributed by atoms with Crippen molar-refractivity contribution in [2.75, 3.05) is 6.54 Å². The largest absolute Gasteiger partial charge is 0.417 e. The molecule has 1 amide bonds. The maximum absolute atomic E-state index is 13.7. The minimum atomic E-state index is -4.47. The molecule has 1 aliphatic heterocycles. The minimum Gasteiger partial charge on any atom is -0.333 e. The molecule has 0 N–H and O–H groups in total. The van der Waals surface area contributed by atoms with Gasteiger partial charge in [-0.1, -0.05) is 60.6 Å². The molecule has 1 atom stereocenters. The zero-order valence-electron chi connectivity index (χ0n) is 15.7. The molecule has 30 heavy (non-hydrogen) atoms. The van der Waals surface area contributed by atoms with Crippen molar-refractivity contribution in [1.29, 1.82) is 0 Å². The van der Waals surface area contributed by atoms with Crippen molar-refractivity contribution < 1.29 is 18.0 Å². The molecule has 0 fully saturated rings. The van der Waals surface area contributed by atoms with E-state index in [2.05, 4.69) is 6.58 Å². The molecule has 0 unspecified atom stereocenters. The van der Waals surface area contributed by atoms with Crippen molar-refractivity contribution in [1.82, 2.24) is 4.90 Å². The molecule has 1 aromatic heterocycles. The van der Waals surface area contributed by atoms with Gasteiger partial charge in [0.25, 0.3) is 0 Å². The van der Waals surface area contributed by atoms with Crippen molar-refractivity contribution in [2.24, 2.45) is 0 Å². The molecule has 154 valence electrons. The normalized spacial score (nSPS) is 16.3. The summed E-state index contributed by atoms with van der Waals surface area (Å²) in [5.41, 5.74) is 1.62. The number of carbonyl (C=O) groups is 1. The maximum atomic E-state index is 13.7. The van der Waals surface area contributed by atoms with Gasteiger partial charge in [-0.25, -0.2) is 0 Å². The van der Waals surface area contributed by atoms with Crippen LogP contribution in [0, 0.1) is 0 Å². The second-order valence-electron chi connectivity index (χ2n) is 7.04. The molecule has 0 saturated heterocycles.